The standard InChI is InChI=1S/C24H29FN4O3S/c1-16-23(17-7-6-8-20(13-17)28(4)33(5,31)32)21-14-18(24(30)27(2)3)9-10-22(21)29(16)15-19(25)11-12-26/h6-11,13-14H,12,15,26H2,1-5H3/b19-11-. The quantitative estimate of drug-likeness (QED) is 0.570. The number of carbonyl (C=O) groups is 1. The van der Waals surface area contributed by atoms with E-state index in [0.29, 0.717) is 11.3 Å². The number of aromatic nitrogens is 1. The Morgan fingerprint density at radius 1 is 1.15 bits per heavy atom. The summed E-state index contributed by atoms with van der Waals surface area (Å²) < 4.78 is 41.6. The van der Waals surface area contributed by atoms with Gasteiger partial charge in [0.1, 0.15) is 5.83 Å². The molecular formula is C24H29FN4O3S. The van der Waals surface area contributed by atoms with Gasteiger partial charge in [-0.05, 0) is 48.9 Å². The van der Waals surface area contributed by atoms with Crippen molar-refractivity contribution >= 4 is 32.5 Å². The summed E-state index contributed by atoms with van der Waals surface area (Å²) in [6.45, 7) is 1.98. The van der Waals surface area contributed by atoms with E-state index in [4.69, 9.17) is 5.73 Å². The highest BCUT2D eigenvalue weighted by Crippen LogP contribution is 2.37. The SMILES string of the molecule is Cc1c(-c2cccc(N(C)S(C)(=O)=O)c2)c2cc(C(=O)N(C)C)ccc2n1C/C(F)=C/CN. The number of amides is 1. The Labute approximate surface area is 193 Å². The number of nitrogens with two attached hydrogens (primary N) is 1. The number of rotatable bonds is 7. The van der Waals surface area contributed by atoms with Crippen molar-refractivity contribution in [2.24, 2.45) is 5.73 Å². The molecule has 7 nitrogen and oxygen atoms in total. The number of nitrogens with zero attached hydrogens (tertiary/aromatic N) is 3. The molecule has 0 aliphatic rings. The fourth-order valence-electron chi connectivity index (χ4n) is 3.83. The van der Waals surface area contributed by atoms with Crippen molar-refractivity contribution in [3.05, 3.63) is 65.6 Å². The third-order valence-corrected chi connectivity index (χ3v) is 6.83. The third kappa shape index (κ3) is 4.94. The predicted octanol–water partition coefficient (Wildman–Crippen LogP) is 3.53. The van der Waals surface area contributed by atoms with E-state index in [9.17, 15) is 17.6 Å². The van der Waals surface area contributed by atoms with Gasteiger partial charge in [0.05, 0.1) is 18.5 Å². The predicted molar refractivity (Wildman–Crippen MR) is 132 cm³/mol. The Kier molecular flexibility index (Phi) is 6.94. The van der Waals surface area contributed by atoms with Crippen molar-refractivity contribution in [1.29, 1.82) is 0 Å². The number of carbonyl (C=O) groups excluding carboxylic acids is 1. The van der Waals surface area contributed by atoms with Crippen LogP contribution in [0.3, 0.4) is 0 Å². The summed E-state index contributed by atoms with van der Waals surface area (Å²) in [5.74, 6) is -0.504. The normalized spacial score (nSPS) is 12.3. The lowest BCUT2D eigenvalue weighted by molar-refractivity contribution is 0.0827. The maximum atomic E-state index is 14.4. The zero-order valence-electron chi connectivity index (χ0n) is 19.5. The van der Waals surface area contributed by atoms with Crippen molar-refractivity contribution < 1.29 is 17.6 Å². The molecule has 0 saturated heterocycles. The van der Waals surface area contributed by atoms with Gasteiger partial charge in [-0.25, -0.2) is 12.8 Å². The van der Waals surface area contributed by atoms with Crippen molar-refractivity contribution in [3.63, 3.8) is 0 Å². The molecule has 3 aromatic rings. The molecule has 0 aliphatic heterocycles. The highest BCUT2D eigenvalue weighted by atomic mass is 32.2. The first-order valence-electron chi connectivity index (χ1n) is 10.4. The monoisotopic (exact) mass is 472 g/mol. The summed E-state index contributed by atoms with van der Waals surface area (Å²) in [5.41, 5.74) is 9.61. The van der Waals surface area contributed by atoms with Crippen LogP contribution in [0.1, 0.15) is 16.1 Å². The summed E-state index contributed by atoms with van der Waals surface area (Å²) in [5, 5.41) is 0.778. The molecule has 0 spiro atoms. The fourth-order valence-corrected chi connectivity index (χ4v) is 4.33. The van der Waals surface area contributed by atoms with E-state index < -0.39 is 10.0 Å². The molecule has 0 bridgehead atoms. The van der Waals surface area contributed by atoms with E-state index in [2.05, 4.69) is 0 Å². The van der Waals surface area contributed by atoms with Crippen molar-refractivity contribution in [1.82, 2.24) is 9.47 Å². The van der Waals surface area contributed by atoms with Gasteiger partial charge in [-0.2, -0.15) is 0 Å². The van der Waals surface area contributed by atoms with Crippen molar-refractivity contribution in [2.45, 2.75) is 13.5 Å². The molecule has 1 heterocycles. The smallest absolute Gasteiger partial charge is 0.253 e. The lowest BCUT2D eigenvalue weighted by Gasteiger charge is -2.17. The second-order valence-electron chi connectivity index (χ2n) is 8.15. The second-order valence-corrected chi connectivity index (χ2v) is 10.2. The van der Waals surface area contributed by atoms with Crippen LogP contribution < -0.4 is 10.0 Å². The molecule has 0 fully saturated rings. The fraction of sp³-hybridized carbons (Fsp3) is 0.292. The number of benzene rings is 2. The molecule has 3 rings (SSSR count). The van der Waals surface area contributed by atoms with Crippen LogP contribution in [0.4, 0.5) is 10.1 Å². The first kappa shape index (κ1) is 24.5. The van der Waals surface area contributed by atoms with E-state index in [1.807, 2.05) is 23.6 Å². The molecule has 0 radical (unpaired) electrons. The Morgan fingerprint density at radius 2 is 1.85 bits per heavy atom. The summed E-state index contributed by atoms with van der Waals surface area (Å²) in [4.78, 5) is 14.1. The van der Waals surface area contributed by atoms with E-state index >= 15 is 0 Å². The van der Waals surface area contributed by atoms with E-state index in [0.717, 1.165) is 34.0 Å². The average Bonchev–Trinajstić information content (AvgIpc) is 3.02. The van der Waals surface area contributed by atoms with Gasteiger partial charge in [-0.3, -0.25) is 9.10 Å². The number of anilines is 1. The minimum absolute atomic E-state index is 0.00341. The van der Waals surface area contributed by atoms with Crippen molar-refractivity contribution in [2.75, 3.05) is 38.2 Å². The average molecular weight is 473 g/mol. The highest BCUT2D eigenvalue weighted by Gasteiger charge is 2.20. The molecular weight excluding hydrogens is 443 g/mol. The van der Waals surface area contributed by atoms with Gasteiger partial charge < -0.3 is 15.2 Å². The van der Waals surface area contributed by atoms with Crippen LogP contribution in [-0.4, -0.2) is 57.7 Å². The van der Waals surface area contributed by atoms with Gasteiger partial charge in [0, 0.05) is 55.4 Å². The van der Waals surface area contributed by atoms with Gasteiger partial charge in [0.15, 0.2) is 0 Å². The molecule has 176 valence electrons. The molecule has 2 N–H and O–H groups in total. The summed E-state index contributed by atoms with van der Waals surface area (Å²) >= 11 is 0. The largest absolute Gasteiger partial charge is 0.345 e. The minimum atomic E-state index is -3.44. The summed E-state index contributed by atoms with van der Waals surface area (Å²) in [7, 11) is 1.41. The maximum Gasteiger partial charge on any atom is 0.253 e. The zero-order valence-corrected chi connectivity index (χ0v) is 20.3. The van der Waals surface area contributed by atoms with Crippen LogP contribution in [0, 0.1) is 6.92 Å². The highest BCUT2D eigenvalue weighted by molar-refractivity contribution is 7.92. The molecule has 1 amide bonds. The number of hydrogen-bond acceptors (Lipinski definition) is 4. The number of fused-ring (bicyclic) bond motifs is 1. The number of hydrogen-bond donors (Lipinski definition) is 1. The third-order valence-electron chi connectivity index (χ3n) is 5.62. The van der Waals surface area contributed by atoms with Crippen LogP contribution >= 0.6 is 0 Å². The van der Waals surface area contributed by atoms with Crippen LogP contribution in [-0.2, 0) is 16.6 Å². The molecule has 1 aromatic heterocycles. The second kappa shape index (κ2) is 9.36. The zero-order chi connectivity index (χ0) is 24.5. The van der Waals surface area contributed by atoms with Gasteiger partial charge in [0.25, 0.3) is 5.91 Å². The van der Waals surface area contributed by atoms with Crippen LogP contribution in [0.2, 0.25) is 0 Å². The van der Waals surface area contributed by atoms with Gasteiger partial charge >= 0.3 is 0 Å². The molecule has 0 unspecified atom stereocenters. The van der Waals surface area contributed by atoms with Crippen LogP contribution in [0.15, 0.2) is 54.4 Å². The van der Waals surface area contributed by atoms with Crippen molar-refractivity contribution in [3.8, 4) is 11.1 Å². The number of allylic oxidation sites excluding steroid dienone is 1. The Morgan fingerprint density at radius 3 is 2.45 bits per heavy atom. The summed E-state index contributed by atoms with van der Waals surface area (Å²) in [6.07, 6.45) is 2.47. The van der Waals surface area contributed by atoms with Gasteiger partial charge in [-0.15, -0.1) is 0 Å². The summed E-state index contributed by atoms with van der Waals surface area (Å²) in [6, 6.07) is 12.5. The van der Waals surface area contributed by atoms with E-state index in [-0.39, 0.29) is 24.8 Å². The Hall–Kier alpha value is -3.17. The first-order valence-corrected chi connectivity index (χ1v) is 12.2. The van der Waals surface area contributed by atoms with E-state index in [1.54, 1.807) is 44.4 Å². The molecule has 0 atom stereocenters. The lowest BCUT2D eigenvalue weighted by atomic mass is 10.00. The molecule has 0 saturated carbocycles. The molecule has 2 aromatic carbocycles. The Balaban J connectivity index is 2.29. The number of sulfonamides is 1. The minimum Gasteiger partial charge on any atom is -0.345 e. The van der Waals surface area contributed by atoms with Gasteiger partial charge in [-0.1, -0.05) is 12.1 Å². The number of halogens is 1. The molecule has 0 aliphatic carbocycles. The lowest BCUT2D eigenvalue weighted by Crippen LogP contribution is -2.24. The first-order chi connectivity index (χ1) is 15.5. The van der Waals surface area contributed by atoms with Crippen LogP contribution in [0.5, 0.6) is 0 Å². The molecule has 33 heavy (non-hydrogen) atoms. The van der Waals surface area contributed by atoms with Crippen LogP contribution in [0.25, 0.3) is 22.0 Å². The van der Waals surface area contributed by atoms with E-state index in [1.165, 1.54) is 22.3 Å². The molecule has 9 heteroatoms. The van der Waals surface area contributed by atoms with Gasteiger partial charge in [0.2, 0.25) is 10.0 Å². The maximum absolute atomic E-state index is 14.4. The topological polar surface area (TPSA) is 88.6 Å². The Bertz CT molecular complexity index is 1340.